The Balaban J connectivity index is 1.86. The third-order valence-corrected chi connectivity index (χ3v) is 4.66. The van der Waals surface area contributed by atoms with E-state index in [1.54, 1.807) is 0 Å². The molecule has 1 aromatic rings. The van der Waals surface area contributed by atoms with Crippen molar-refractivity contribution in [2.45, 2.75) is 39.0 Å². The van der Waals surface area contributed by atoms with Gasteiger partial charge in [-0.15, -0.1) is 0 Å². The van der Waals surface area contributed by atoms with Crippen molar-refractivity contribution in [1.82, 2.24) is 0 Å². The minimum Gasteiger partial charge on any atom is -0.493 e. The molecule has 2 unspecified atom stereocenters. The van der Waals surface area contributed by atoms with Crippen molar-refractivity contribution < 1.29 is 4.74 Å². The molecule has 3 heteroatoms. The zero-order valence-corrected chi connectivity index (χ0v) is 12.9. The molecule has 1 fully saturated rings. The van der Waals surface area contributed by atoms with E-state index in [-0.39, 0.29) is 5.41 Å². The molecule has 2 nitrogen and oxygen atoms in total. The molecule has 2 rings (SSSR count). The number of nitriles is 1. The summed E-state index contributed by atoms with van der Waals surface area (Å²) in [5.41, 5.74) is -0.146. The third-order valence-electron chi connectivity index (χ3n) is 4.17. The smallest absolute Gasteiger partial charge is 0.120 e. The summed E-state index contributed by atoms with van der Waals surface area (Å²) in [5.74, 6) is 1.60. The van der Waals surface area contributed by atoms with Gasteiger partial charge in [-0.1, -0.05) is 35.3 Å². The first-order valence-corrected chi connectivity index (χ1v) is 7.76. The zero-order chi connectivity index (χ0) is 13.7. The van der Waals surface area contributed by atoms with Crippen LogP contribution in [0.2, 0.25) is 0 Å². The van der Waals surface area contributed by atoms with Gasteiger partial charge in [-0.3, -0.25) is 0 Å². The maximum Gasteiger partial charge on any atom is 0.120 e. The lowest BCUT2D eigenvalue weighted by atomic mass is 9.83. The van der Waals surface area contributed by atoms with Gasteiger partial charge in [0.2, 0.25) is 0 Å². The fourth-order valence-electron chi connectivity index (χ4n) is 2.89. The van der Waals surface area contributed by atoms with Gasteiger partial charge in [0.1, 0.15) is 5.75 Å². The van der Waals surface area contributed by atoms with Gasteiger partial charge in [-0.2, -0.15) is 5.26 Å². The molecule has 1 aliphatic carbocycles. The minimum absolute atomic E-state index is 0.146. The number of hydrogen-bond donors (Lipinski definition) is 0. The molecule has 2 atom stereocenters. The van der Waals surface area contributed by atoms with Gasteiger partial charge in [-0.25, -0.2) is 0 Å². The van der Waals surface area contributed by atoms with Gasteiger partial charge in [0.25, 0.3) is 0 Å². The highest BCUT2D eigenvalue weighted by atomic mass is 79.9. The fraction of sp³-hybridized carbons (Fsp3) is 0.562. The molecular weight excluding hydrogens is 302 g/mol. The second-order valence-corrected chi connectivity index (χ2v) is 6.38. The molecule has 0 bridgehead atoms. The van der Waals surface area contributed by atoms with Crippen LogP contribution in [0.1, 0.15) is 39.0 Å². The van der Waals surface area contributed by atoms with Crippen molar-refractivity contribution in [1.29, 1.82) is 5.26 Å². The summed E-state index contributed by atoms with van der Waals surface area (Å²) in [6, 6.07) is 10.4. The summed E-state index contributed by atoms with van der Waals surface area (Å²) in [5, 5.41) is 9.46. The Morgan fingerprint density at radius 1 is 1.53 bits per heavy atom. The van der Waals surface area contributed by atoms with E-state index in [1.165, 1.54) is 12.8 Å². The molecule has 0 aromatic heterocycles. The molecule has 0 saturated heterocycles. The van der Waals surface area contributed by atoms with Crippen LogP contribution in [0.5, 0.6) is 5.75 Å². The Hall–Kier alpha value is -1.01. The molecule has 0 N–H and O–H groups in total. The number of nitrogens with zero attached hydrogens (tertiary/aromatic N) is 1. The maximum absolute atomic E-state index is 9.46. The van der Waals surface area contributed by atoms with Crippen LogP contribution in [0, 0.1) is 22.7 Å². The summed E-state index contributed by atoms with van der Waals surface area (Å²) >= 11 is 3.43. The van der Waals surface area contributed by atoms with E-state index in [4.69, 9.17) is 4.74 Å². The highest BCUT2D eigenvalue weighted by molar-refractivity contribution is 9.10. The van der Waals surface area contributed by atoms with Crippen molar-refractivity contribution in [3.63, 3.8) is 0 Å². The predicted octanol–water partition coefficient (Wildman–Crippen LogP) is 4.94. The van der Waals surface area contributed by atoms with Gasteiger partial charge in [0.05, 0.1) is 18.1 Å². The van der Waals surface area contributed by atoms with E-state index >= 15 is 0 Å². The van der Waals surface area contributed by atoms with Crippen LogP contribution in [0.3, 0.4) is 0 Å². The summed E-state index contributed by atoms with van der Waals surface area (Å²) < 4.78 is 6.78. The van der Waals surface area contributed by atoms with Crippen LogP contribution in [-0.2, 0) is 0 Å². The molecule has 0 amide bonds. The van der Waals surface area contributed by atoms with Gasteiger partial charge in [-0.05, 0) is 43.4 Å². The van der Waals surface area contributed by atoms with Crippen LogP contribution in [0.15, 0.2) is 28.7 Å². The Kier molecular flexibility index (Phi) is 4.87. The number of ether oxygens (including phenoxy) is 1. The molecule has 0 aliphatic heterocycles. The van der Waals surface area contributed by atoms with Crippen molar-refractivity contribution in [3.05, 3.63) is 28.7 Å². The van der Waals surface area contributed by atoms with E-state index in [0.29, 0.717) is 6.61 Å². The van der Waals surface area contributed by atoms with E-state index < -0.39 is 0 Å². The van der Waals surface area contributed by atoms with Gasteiger partial charge < -0.3 is 4.74 Å². The number of halogens is 1. The molecule has 0 heterocycles. The minimum atomic E-state index is -0.146. The van der Waals surface area contributed by atoms with E-state index in [2.05, 4.69) is 28.9 Å². The topological polar surface area (TPSA) is 33.0 Å². The lowest BCUT2D eigenvalue weighted by Crippen LogP contribution is -2.18. The van der Waals surface area contributed by atoms with E-state index in [1.807, 2.05) is 24.3 Å². The van der Waals surface area contributed by atoms with Crippen molar-refractivity contribution in [2.75, 3.05) is 6.61 Å². The monoisotopic (exact) mass is 321 g/mol. The Morgan fingerprint density at radius 2 is 2.37 bits per heavy atom. The largest absolute Gasteiger partial charge is 0.493 e. The van der Waals surface area contributed by atoms with Crippen LogP contribution in [0.25, 0.3) is 0 Å². The molecule has 19 heavy (non-hydrogen) atoms. The second-order valence-electron chi connectivity index (χ2n) is 5.47. The van der Waals surface area contributed by atoms with Gasteiger partial charge >= 0.3 is 0 Å². The molecule has 0 radical (unpaired) electrons. The fourth-order valence-corrected chi connectivity index (χ4v) is 3.27. The zero-order valence-electron chi connectivity index (χ0n) is 11.4. The summed E-state index contributed by atoms with van der Waals surface area (Å²) in [6.07, 6.45) is 5.30. The number of rotatable bonds is 5. The standard InChI is InChI=1S/C16H20BrNO/c1-2-13-6-7-16(11-13,12-18)8-9-19-15-5-3-4-14(17)10-15/h3-5,10,13H,2,6-9,11H2,1H3. The SMILES string of the molecule is CCC1CCC(C#N)(CCOc2cccc(Br)c2)C1. The number of benzene rings is 1. The summed E-state index contributed by atoms with van der Waals surface area (Å²) in [6.45, 7) is 2.84. The van der Waals surface area contributed by atoms with Gasteiger partial charge in [0.15, 0.2) is 0 Å². The Morgan fingerprint density at radius 3 is 3.00 bits per heavy atom. The molecule has 102 valence electrons. The number of hydrogen-bond acceptors (Lipinski definition) is 2. The molecule has 1 saturated carbocycles. The summed E-state index contributed by atoms with van der Waals surface area (Å²) in [4.78, 5) is 0. The predicted molar refractivity (Wildman–Crippen MR) is 79.9 cm³/mol. The lowest BCUT2D eigenvalue weighted by Gasteiger charge is -2.21. The molecule has 1 aliphatic rings. The molecule has 0 spiro atoms. The third kappa shape index (κ3) is 3.73. The average Bonchev–Trinajstić information content (AvgIpc) is 2.83. The Bertz CT molecular complexity index is 468. The average molecular weight is 322 g/mol. The van der Waals surface area contributed by atoms with Crippen molar-refractivity contribution in [2.24, 2.45) is 11.3 Å². The second kappa shape index (κ2) is 6.43. The van der Waals surface area contributed by atoms with Crippen LogP contribution in [0.4, 0.5) is 0 Å². The first-order valence-electron chi connectivity index (χ1n) is 6.97. The van der Waals surface area contributed by atoms with Crippen LogP contribution < -0.4 is 4.74 Å². The highest BCUT2D eigenvalue weighted by Crippen LogP contribution is 2.45. The van der Waals surface area contributed by atoms with Crippen LogP contribution in [-0.4, -0.2) is 6.61 Å². The molecule has 1 aromatic carbocycles. The first kappa shape index (κ1) is 14.4. The van der Waals surface area contributed by atoms with Crippen molar-refractivity contribution in [3.8, 4) is 11.8 Å². The quantitative estimate of drug-likeness (QED) is 0.769. The van der Waals surface area contributed by atoms with E-state index in [9.17, 15) is 5.26 Å². The lowest BCUT2D eigenvalue weighted by molar-refractivity contribution is 0.239. The van der Waals surface area contributed by atoms with Crippen LogP contribution >= 0.6 is 15.9 Å². The normalized spacial score (nSPS) is 26.1. The van der Waals surface area contributed by atoms with E-state index in [0.717, 1.165) is 35.4 Å². The van der Waals surface area contributed by atoms with Gasteiger partial charge in [0, 0.05) is 10.9 Å². The highest BCUT2D eigenvalue weighted by Gasteiger charge is 2.38. The maximum atomic E-state index is 9.46. The Labute approximate surface area is 123 Å². The summed E-state index contributed by atoms with van der Waals surface area (Å²) in [7, 11) is 0. The van der Waals surface area contributed by atoms with Crippen molar-refractivity contribution >= 4 is 15.9 Å². The molecular formula is C16H20BrNO. The first-order chi connectivity index (χ1) is 9.17.